The quantitative estimate of drug-likeness (QED) is 0.253. The van der Waals surface area contributed by atoms with Gasteiger partial charge in [-0.25, -0.2) is 14.4 Å². The zero-order valence-electron chi connectivity index (χ0n) is 18.8. The van der Waals surface area contributed by atoms with Crippen molar-refractivity contribution >= 4 is 33.8 Å². The van der Waals surface area contributed by atoms with Gasteiger partial charge >= 0.3 is 17.9 Å². The Bertz CT molecular complexity index is 1090. The molecule has 180 valence electrons. The van der Waals surface area contributed by atoms with Crippen LogP contribution in [0.3, 0.4) is 0 Å². The molecule has 0 amide bonds. The number of alkyl halides is 1. The van der Waals surface area contributed by atoms with Gasteiger partial charge in [-0.2, -0.15) is 0 Å². The van der Waals surface area contributed by atoms with Gasteiger partial charge in [-0.15, -0.1) is 0 Å². The maximum atomic E-state index is 13.0. The topological polar surface area (TPSA) is 88.1 Å². The maximum absolute atomic E-state index is 13.0. The molecule has 5 atom stereocenters. The standard InChI is InChI=1S/C27H23BrO7/c1-17-21(33-25(29)18-11-5-2-6-12-18)22(34-26(30)19-13-7-3-8-14-19)23(24(28)32-17)35-27(31)20-15-9-4-10-16-20/h2-17,21-24H,1H3/t17-,21-,22-,23-,24+/m1/s1. The van der Waals surface area contributed by atoms with E-state index in [1.807, 2.05) is 0 Å². The van der Waals surface area contributed by atoms with Gasteiger partial charge in [0.25, 0.3) is 0 Å². The average molecular weight is 539 g/mol. The average Bonchev–Trinajstić information content (AvgIpc) is 2.89. The Kier molecular flexibility index (Phi) is 7.94. The third-order valence-electron chi connectivity index (χ3n) is 5.47. The van der Waals surface area contributed by atoms with Crippen molar-refractivity contribution in [3.63, 3.8) is 0 Å². The van der Waals surface area contributed by atoms with Crippen LogP contribution in [0.15, 0.2) is 91.0 Å². The summed E-state index contributed by atoms with van der Waals surface area (Å²) in [4.78, 5) is 38.7. The fraction of sp³-hybridized carbons (Fsp3) is 0.222. The van der Waals surface area contributed by atoms with Crippen LogP contribution in [0, 0.1) is 0 Å². The Morgan fingerprint density at radius 2 is 0.943 bits per heavy atom. The molecule has 0 N–H and O–H groups in total. The van der Waals surface area contributed by atoms with E-state index in [1.165, 1.54) is 0 Å². The van der Waals surface area contributed by atoms with Crippen LogP contribution in [0.1, 0.15) is 38.0 Å². The highest BCUT2D eigenvalue weighted by molar-refractivity contribution is 9.09. The summed E-state index contributed by atoms with van der Waals surface area (Å²) in [6.45, 7) is 1.69. The van der Waals surface area contributed by atoms with Gasteiger partial charge in [0.1, 0.15) is 0 Å². The molecule has 3 aromatic rings. The fourth-order valence-corrected chi connectivity index (χ4v) is 4.43. The van der Waals surface area contributed by atoms with Crippen molar-refractivity contribution in [1.82, 2.24) is 0 Å². The summed E-state index contributed by atoms with van der Waals surface area (Å²) in [5.41, 5.74) is 0.947. The van der Waals surface area contributed by atoms with Gasteiger partial charge < -0.3 is 18.9 Å². The fourth-order valence-electron chi connectivity index (χ4n) is 3.68. The number of hydrogen-bond donors (Lipinski definition) is 0. The number of ether oxygens (including phenoxy) is 4. The molecular weight excluding hydrogens is 516 g/mol. The van der Waals surface area contributed by atoms with Crippen LogP contribution in [-0.2, 0) is 18.9 Å². The van der Waals surface area contributed by atoms with Crippen LogP contribution < -0.4 is 0 Å². The van der Waals surface area contributed by atoms with Crippen LogP contribution >= 0.6 is 15.9 Å². The third-order valence-corrected chi connectivity index (χ3v) is 6.21. The van der Waals surface area contributed by atoms with Crippen molar-refractivity contribution in [1.29, 1.82) is 0 Å². The highest BCUT2D eigenvalue weighted by Gasteiger charge is 2.50. The second-order valence-electron chi connectivity index (χ2n) is 7.90. The second-order valence-corrected chi connectivity index (χ2v) is 8.80. The number of halogens is 1. The van der Waals surface area contributed by atoms with Crippen LogP contribution in [0.2, 0.25) is 0 Å². The highest BCUT2D eigenvalue weighted by Crippen LogP contribution is 2.32. The minimum Gasteiger partial charge on any atom is -0.452 e. The molecule has 1 saturated heterocycles. The van der Waals surface area contributed by atoms with Crippen LogP contribution in [-0.4, -0.2) is 47.3 Å². The normalized spacial score (nSPS) is 23.7. The van der Waals surface area contributed by atoms with E-state index >= 15 is 0 Å². The molecule has 7 nitrogen and oxygen atoms in total. The molecule has 4 rings (SSSR count). The molecule has 1 fully saturated rings. The van der Waals surface area contributed by atoms with E-state index in [0.717, 1.165) is 0 Å². The number of carbonyl (C=O) groups is 3. The molecule has 0 unspecified atom stereocenters. The monoisotopic (exact) mass is 538 g/mol. The van der Waals surface area contributed by atoms with Gasteiger partial charge in [0, 0.05) is 0 Å². The van der Waals surface area contributed by atoms with E-state index in [4.69, 9.17) is 18.9 Å². The summed E-state index contributed by atoms with van der Waals surface area (Å²) in [7, 11) is 0. The zero-order valence-corrected chi connectivity index (χ0v) is 20.4. The maximum Gasteiger partial charge on any atom is 0.338 e. The minimum absolute atomic E-state index is 0.305. The zero-order chi connectivity index (χ0) is 24.8. The molecule has 8 heteroatoms. The Morgan fingerprint density at radius 1 is 0.600 bits per heavy atom. The van der Waals surface area contributed by atoms with E-state index in [0.29, 0.717) is 16.7 Å². The van der Waals surface area contributed by atoms with Crippen LogP contribution in [0.4, 0.5) is 0 Å². The Balaban J connectivity index is 1.63. The van der Waals surface area contributed by atoms with Crippen molar-refractivity contribution in [2.24, 2.45) is 0 Å². The molecule has 35 heavy (non-hydrogen) atoms. The number of esters is 3. The summed E-state index contributed by atoms with van der Waals surface area (Å²) >= 11 is 3.39. The SMILES string of the molecule is C[C@H]1O[C@H](Br)[C@H](OC(=O)c2ccccc2)[C@H](OC(=O)c2ccccc2)[C@@H]1OC(=O)c1ccccc1. The van der Waals surface area contributed by atoms with Crippen LogP contribution in [0.25, 0.3) is 0 Å². The molecule has 3 aromatic carbocycles. The summed E-state index contributed by atoms with van der Waals surface area (Å²) < 4.78 is 23.2. The Morgan fingerprint density at radius 3 is 1.34 bits per heavy atom. The summed E-state index contributed by atoms with van der Waals surface area (Å²) in [5.74, 6) is -1.90. The molecule has 0 spiro atoms. The lowest BCUT2D eigenvalue weighted by atomic mass is 9.99. The highest BCUT2D eigenvalue weighted by atomic mass is 79.9. The van der Waals surface area contributed by atoms with Crippen molar-refractivity contribution in [2.75, 3.05) is 0 Å². The summed E-state index contributed by atoms with van der Waals surface area (Å²) in [5, 5.41) is -0.814. The molecule has 0 saturated carbocycles. The van der Waals surface area contributed by atoms with E-state index in [9.17, 15) is 14.4 Å². The smallest absolute Gasteiger partial charge is 0.338 e. The summed E-state index contributed by atoms with van der Waals surface area (Å²) in [6, 6.07) is 25.2. The van der Waals surface area contributed by atoms with Gasteiger partial charge in [0.05, 0.1) is 22.8 Å². The van der Waals surface area contributed by atoms with Crippen molar-refractivity contribution in [3.05, 3.63) is 108 Å². The number of hydrogen-bond acceptors (Lipinski definition) is 7. The molecular formula is C27H23BrO7. The van der Waals surface area contributed by atoms with E-state index < -0.39 is 47.3 Å². The summed E-state index contributed by atoms with van der Waals surface area (Å²) in [6.07, 6.45) is -3.96. The number of rotatable bonds is 6. The van der Waals surface area contributed by atoms with E-state index in [1.54, 1.807) is 97.9 Å². The Hall–Kier alpha value is -3.49. The van der Waals surface area contributed by atoms with E-state index in [2.05, 4.69) is 15.9 Å². The minimum atomic E-state index is -1.14. The third kappa shape index (κ3) is 5.96. The van der Waals surface area contributed by atoms with E-state index in [-0.39, 0.29) is 0 Å². The van der Waals surface area contributed by atoms with Crippen molar-refractivity contribution < 1.29 is 33.3 Å². The first kappa shape index (κ1) is 24.6. The van der Waals surface area contributed by atoms with Gasteiger partial charge in [0.15, 0.2) is 23.3 Å². The molecule has 1 aliphatic heterocycles. The first-order valence-corrected chi connectivity index (χ1v) is 11.9. The molecule has 0 aromatic heterocycles. The molecule has 0 radical (unpaired) electrons. The molecule has 0 bridgehead atoms. The molecule has 1 heterocycles. The lowest BCUT2D eigenvalue weighted by Gasteiger charge is -2.42. The van der Waals surface area contributed by atoms with Gasteiger partial charge in [-0.3, -0.25) is 0 Å². The van der Waals surface area contributed by atoms with Crippen molar-refractivity contribution in [2.45, 2.75) is 36.4 Å². The number of benzene rings is 3. The van der Waals surface area contributed by atoms with Gasteiger partial charge in [0.2, 0.25) is 0 Å². The first-order chi connectivity index (χ1) is 16.9. The van der Waals surface area contributed by atoms with Gasteiger partial charge in [-0.1, -0.05) is 70.5 Å². The number of carbonyl (C=O) groups excluding carboxylic acids is 3. The van der Waals surface area contributed by atoms with Crippen molar-refractivity contribution in [3.8, 4) is 0 Å². The second kappa shape index (κ2) is 11.3. The first-order valence-electron chi connectivity index (χ1n) is 11.0. The van der Waals surface area contributed by atoms with Crippen LogP contribution in [0.5, 0.6) is 0 Å². The largest absolute Gasteiger partial charge is 0.452 e. The lowest BCUT2D eigenvalue weighted by Crippen LogP contribution is -2.59. The van der Waals surface area contributed by atoms with Gasteiger partial charge in [-0.05, 0) is 43.3 Å². The predicted octanol–water partition coefficient (Wildman–Crippen LogP) is 4.80. The molecule has 0 aliphatic carbocycles. The predicted molar refractivity (Wildman–Crippen MR) is 130 cm³/mol. The Labute approximate surface area is 211 Å². The lowest BCUT2D eigenvalue weighted by molar-refractivity contribution is -0.193. The molecule has 1 aliphatic rings.